The molecule has 1 nitrogen and oxygen atoms in total. The molecule has 0 aliphatic heterocycles. The van der Waals surface area contributed by atoms with Crippen LogP contribution < -0.4 is 4.74 Å². The molecule has 2 rings (SSSR count). The van der Waals surface area contributed by atoms with E-state index in [2.05, 4.69) is 15.9 Å². The lowest BCUT2D eigenvalue weighted by Crippen LogP contribution is -1.89. The zero-order valence-corrected chi connectivity index (χ0v) is 10.3. The Bertz CT molecular complexity index is 511. The summed E-state index contributed by atoms with van der Waals surface area (Å²) in [4.78, 5) is 0. The molecule has 0 saturated carbocycles. The third kappa shape index (κ3) is 2.25. The Balaban J connectivity index is 2.58. The van der Waals surface area contributed by atoms with E-state index in [1.165, 1.54) is 12.1 Å². The van der Waals surface area contributed by atoms with Crippen LogP contribution in [-0.4, -0.2) is 7.11 Å². The fourth-order valence-electron chi connectivity index (χ4n) is 1.56. The largest absolute Gasteiger partial charge is 0.496 e. The predicted molar refractivity (Wildman–Crippen MR) is 66.1 cm³/mol. The van der Waals surface area contributed by atoms with Crippen molar-refractivity contribution < 1.29 is 9.13 Å². The van der Waals surface area contributed by atoms with Crippen LogP contribution in [0.25, 0.3) is 11.1 Å². The van der Waals surface area contributed by atoms with Gasteiger partial charge in [0.15, 0.2) is 0 Å². The van der Waals surface area contributed by atoms with Gasteiger partial charge in [-0.05, 0) is 35.9 Å². The van der Waals surface area contributed by atoms with E-state index in [1.807, 2.05) is 24.3 Å². The van der Waals surface area contributed by atoms with Crippen molar-refractivity contribution in [3.8, 4) is 16.9 Å². The fourth-order valence-corrected chi connectivity index (χ4v) is 1.96. The number of hydrogen-bond donors (Lipinski definition) is 0. The zero-order valence-electron chi connectivity index (χ0n) is 8.71. The van der Waals surface area contributed by atoms with Gasteiger partial charge in [-0.1, -0.05) is 28.1 Å². The molecule has 0 unspecified atom stereocenters. The first-order valence-corrected chi connectivity index (χ1v) is 5.59. The quantitative estimate of drug-likeness (QED) is 0.799. The van der Waals surface area contributed by atoms with Crippen molar-refractivity contribution in [2.45, 2.75) is 0 Å². The van der Waals surface area contributed by atoms with Gasteiger partial charge in [-0.2, -0.15) is 0 Å². The van der Waals surface area contributed by atoms with Gasteiger partial charge in [0.1, 0.15) is 11.6 Å². The monoisotopic (exact) mass is 280 g/mol. The van der Waals surface area contributed by atoms with Gasteiger partial charge in [-0.3, -0.25) is 0 Å². The molecule has 2 aromatic carbocycles. The molecule has 0 bridgehead atoms. The smallest absolute Gasteiger partial charge is 0.126 e. The maximum Gasteiger partial charge on any atom is 0.126 e. The van der Waals surface area contributed by atoms with Gasteiger partial charge in [0.2, 0.25) is 0 Å². The highest BCUT2D eigenvalue weighted by atomic mass is 79.9. The third-order valence-corrected chi connectivity index (χ3v) is 2.79. The fraction of sp³-hybridized carbons (Fsp3) is 0.0769. The molecule has 0 aliphatic carbocycles. The van der Waals surface area contributed by atoms with Gasteiger partial charge in [0, 0.05) is 10.0 Å². The summed E-state index contributed by atoms with van der Waals surface area (Å²) in [6, 6.07) is 12.2. The van der Waals surface area contributed by atoms with Crippen molar-refractivity contribution in [3.05, 3.63) is 52.8 Å². The van der Waals surface area contributed by atoms with Crippen LogP contribution in [0.5, 0.6) is 5.75 Å². The Kier molecular flexibility index (Phi) is 3.25. The van der Waals surface area contributed by atoms with Crippen LogP contribution in [0.3, 0.4) is 0 Å². The average molecular weight is 281 g/mol. The first-order chi connectivity index (χ1) is 7.70. The van der Waals surface area contributed by atoms with Crippen molar-refractivity contribution in [3.63, 3.8) is 0 Å². The first-order valence-electron chi connectivity index (χ1n) is 4.80. The molecule has 16 heavy (non-hydrogen) atoms. The van der Waals surface area contributed by atoms with Crippen LogP contribution in [0.2, 0.25) is 0 Å². The molecule has 0 N–H and O–H groups in total. The van der Waals surface area contributed by atoms with E-state index in [9.17, 15) is 4.39 Å². The Hall–Kier alpha value is -1.35. The summed E-state index contributed by atoms with van der Waals surface area (Å²) < 4.78 is 19.4. The number of ether oxygens (including phenoxy) is 1. The van der Waals surface area contributed by atoms with Gasteiger partial charge in [-0.25, -0.2) is 4.39 Å². The Morgan fingerprint density at radius 2 is 1.94 bits per heavy atom. The summed E-state index contributed by atoms with van der Waals surface area (Å²) in [5, 5.41) is 0. The number of rotatable bonds is 2. The summed E-state index contributed by atoms with van der Waals surface area (Å²) >= 11 is 3.39. The van der Waals surface area contributed by atoms with E-state index in [0.717, 1.165) is 15.6 Å². The van der Waals surface area contributed by atoms with Crippen LogP contribution >= 0.6 is 15.9 Å². The maximum absolute atomic E-state index is 13.2. The molecule has 0 aliphatic rings. The van der Waals surface area contributed by atoms with Crippen molar-refractivity contribution in [2.75, 3.05) is 7.11 Å². The molecule has 82 valence electrons. The van der Waals surface area contributed by atoms with E-state index >= 15 is 0 Å². The Morgan fingerprint density at radius 3 is 2.62 bits per heavy atom. The highest BCUT2D eigenvalue weighted by Crippen LogP contribution is 2.31. The van der Waals surface area contributed by atoms with Crippen molar-refractivity contribution in [2.24, 2.45) is 0 Å². The standard InChI is InChI=1S/C13H10BrFO/c1-16-13-6-5-11(15)8-12(13)9-3-2-4-10(14)7-9/h2-8H,1H3. The number of methoxy groups -OCH3 is 1. The second-order valence-electron chi connectivity index (χ2n) is 3.35. The van der Waals surface area contributed by atoms with Gasteiger partial charge >= 0.3 is 0 Å². The van der Waals surface area contributed by atoms with Gasteiger partial charge < -0.3 is 4.74 Å². The SMILES string of the molecule is COc1ccc(F)cc1-c1cccc(Br)c1. The van der Waals surface area contributed by atoms with E-state index < -0.39 is 0 Å². The minimum Gasteiger partial charge on any atom is -0.496 e. The molecule has 2 aromatic rings. The highest BCUT2D eigenvalue weighted by Gasteiger charge is 2.07. The predicted octanol–water partition coefficient (Wildman–Crippen LogP) is 4.26. The summed E-state index contributed by atoms with van der Waals surface area (Å²) in [5.41, 5.74) is 1.68. The van der Waals surface area contributed by atoms with Crippen LogP contribution in [0.1, 0.15) is 0 Å². The Morgan fingerprint density at radius 1 is 1.12 bits per heavy atom. The molecule has 3 heteroatoms. The average Bonchev–Trinajstić information content (AvgIpc) is 2.29. The molecule has 0 spiro atoms. The van der Waals surface area contributed by atoms with Crippen LogP contribution in [-0.2, 0) is 0 Å². The molecule has 0 saturated heterocycles. The van der Waals surface area contributed by atoms with E-state index in [4.69, 9.17) is 4.74 Å². The van der Waals surface area contributed by atoms with Crippen LogP contribution in [0, 0.1) is 5.82 Å². The molecule has 0 amide bonds. The number of benzene rings is 2. The van der Waals surface area contributed by atoms with Crippen LogP contribution in [0.15, 0.2) is 46.9 Å². The lowest BCUT2D eigenvalue weighted by molar-refractivity contribution is 0.415. The molecule has 0 fully saturated rings. The summed E-state index contributed by atoms with van der Waals surface area (Å²) in [7, 11) is 1.58. The lowest BCUT2D eigenvalue weighted by atomic mass is 10.0. The lowest BCUT2D eigenvalue weighted by Gasteiger charge is -2.08. The molecule has 0 aromatic heterocycles. The van der Waals surface area contributed by atoms with E-state index in [0.29, 0.717) is 5.75 Å². The molecule has 0 heterocycles. The van der Waals surface area contributed by atoms with Gasteiger partial charge in [0.25, 0.3) is 0 Å². The molecular formula is C13H10BrFO. The molecule has 0 atom stereocenters. The van der Waals surface area contributed by atoms with Crippen molar-refractivity contribution >= 4 is 15.9 Å². The Labute approximate surface area is 102 Å². The topological polar surface area (TPSA) is 9.23 Å². The zero-order chi connectivity index (χ0) is 11.5. The number of hydrogen-bond acceptors (Lipinski definition) is 1. The van der Waals surface area contributed by atoms with Gasteiger partial charge in [-0.15, -0.1) is 0 Å². The third-order valence-electron chi connectivity index (χ3n) is 2.30. The summed E-state index contributed by atoms with van der Waals surface area (Å²) in [6.07, 6.45) is 0. The van der Waals surface area contributed by atoms with Crippen molar-refractivity contribution in [1.82, 2.24) is 0 Å². The van der Waals surface area contributed by atoms with Gasteiger partial charge in [0.05, 0.1) is 7.11 Å². The highest BCUT2D eigenvalue weighted by molar-refractivity contribution is 9.10. The minimum absolute atomic E-state index is 0.268. The maximum atomic E-state index is 13.2. The van der Waals surface area contributed by atoms with Crippen LogP contribution in [0.4, 0.5) is 4.39 Å². The van der Waals surface area contributed by atoms with E-state index in [1.54, 1.807) is 13.2 Å². The van der Waals surface area contributed by atoms with Crippen molar-refractivity contribution in [1.29, 1.82) is 0 Å². The molecular weight excluding hydrogens is 271 g/mol. The first kappa shape index (κ1) is 11.1. The second-order valence-corrected chi connectivity index (χ2v) is 4.27. The molecule has 0 radical (unpaired) electrons. The number of halogens is 2. The second kappa shape index (κ2) is 4.66. The van der Waals surface area contributed by atoms with E-state index in [-0.39, 0.29) is 5.82 Å². The minimum atomic E-state index is -0.268. The normalized spacial score (nSPS) is 10.2. The summed E-state index contributed by atoms with van der Waals surface area (Å²) in [5.74, 6) is 0.398. The summed E-state index contributed by atoms with van der Waals surface area (Å²) in [6.45, 7) is 0.